The zero-order valence-corrected chi connectivity index (χ0v) is 15.4. The van der Waals surface area contributed by atoms with Gasteiger partial charge >= 0.3 is 5.97 Å². The molecule has 2 aromatic heterocycles. The molecule has 0 unspecified atom stereocenters. The number of carbonyl (C=O) groups excluding carboxylic acids is 2. The van der Waals surface area contributed by atoms with Gasteiger partial charge in [0.25, 0.3) is 11.7 Å². The van der Waals surface area contributed by atoms with Crippen LogP contribution in [0.15, 0.2) is 24.3 Å². The van der Waals surface area contributed by atoms with Crippen molar-refractivity contribution in [3.8, 4) is 0 Å². The fraction of sp³-hybridized carbons (Fsp3) is 0.278. The molecule has 0 aliphatic heterocycles. The second-order valence-electron chi connectivity index (χ2n) is 6.16. The molecule has 0 aliphatic carbocycles. The third kappa shape index (κ3) is 4.40. The van der Waals surface area contributed by atoms with Crippen LogP contribution in [-0.2, 0) is 20.7 Å². The van der Waals surface area contributed by atoms with Crippen molar-refractivity contribution >= 4 is 29.3 Å². The Morgan fingerprint density at radius 2 is 2.07 bits per heavy atom. The van der Waals surface area contributed by atoms with E-state index in [1.807, 2.05) is 13.8 Å². The molecule has 1 amide bonds. The van der Waals surface area contributed by atoms with Crippen molar-refractivity contribution in [2.24, 2.45) is 0 Å². The topological polar surface area (TPSA) is 124 Å². The number of benzene rings is 1. The number of hydrogen-bond acceptors (Lipinski definition) is 7. The Morgan fingerprint density at radius 1 is 1.29 bits per heavy atom. The Morgan fingerprint density at radius 3 is 2.82 bits per heavy atom. The first-order valence-electron chi connectivity index (χ1n) is 8.53. The number of aromatic nitrogens is 4. The highest BCUT2D eigenvalue weighted by Gasteiger charge is 2.15. The summed E-state index contributed by atoms with van der Waals surface area (Å²) in [5, 5.41) is 6.53. The van der Waals surface area contributed by atoms with Crippen LogP contribution >= 0.6 is 0 Å². The number of amides is 1. The molecule has 3 aromatic rings. The fourth-order valence-electron chi connectivity index (χ4n) is 2.79. The Balaban J connectivity index is 1.54. The third-order valence-corrected chi connectivity index (χ3v) is 4.12. The molecule has 3 rings (SSSR count). The number of nitrogens with one attached hydrogen (secondary N) is 1. The molecule has 9 nitrogen and oxygen atoms in total. The number of rotatable bonds is 6. The standard InChI is InChI=1S/C18H19FN6O3/c1-10-14(11(2)25-18(21-10)23-17(20)24-25)6-7-16(27)28-9-15(26)22-13-5-3-4-12(19)8-13/h3-5,8H,6-7,9H2,1-2H3,(H2,20,24)(H,22,26). The summed E-state index contributed by atoms with van der Waals surface area (Å²) in [4.78, 5) is 32.1. The lowest BCUT2D eigenvalue weighted by Gasteiger charge is -2.10. The van der Waals surface area contributed by atoms with E-state index in [1.54, 1.807) is 0 Å². The first-order valence-corrected chi connectivity index (χ1v) is 8.53. The van der Waals surface area contributed by atoms with Gasteiger partial charge in [-0.25, -0.2) is 9.37 Å². The molecule has 28 heavy (non-hydrogen) atoms. The lowest BCUT2D eigenvalue weighted by molar-refractivity contribution is -0.147. The molecule has 0 aliphatic rings. The maximum Gasteiger partial charge on any atom is 0.306 e. The van der Waals surface area contributed by atoms with E-state index in [0.29, 0.717) is 23.6 Å². The highest BCUT2D eigenvalue weighted by Crippen LogP contribution is 2.16. The quantitative estimate of drug-likeness (QED) is 0.616. The molecule has 0 bridgehead atoms. The average molecular weight is 386 g/mol. The smallest absolute Gasteiger partial charge is 0.306 e. The van der Waals surface area contributed by atoms with Gasteiger partial charge in [-0.2, -0.15) is 9.50 Å². The minimum absolute atomic E-state index is 0.0618. The normalized spacial score (nSPS) is 10.8. The molecule has 1 aromatic carbocycles. The molecule has 0 saturated heterocycles. The molecule has 0 spiro atoms. The Labute approximate surface area is 159 Å². The van der Waals surface area contributed by atoms with Crippen LogP contribution in [0.4, 0.5) is 16.0 Å². The molecular formula is C18H19FN6O3. The van der Waals surface area contributed by atoms with Crippen LogP contribution < -0.4 is 11.1 Å². The Hall–Kier alpha value is -3.56. The number of nitrogens with zero attached hydrogens (tertiary/aromatic N) is 4. The summed E-state index contributed by atoms with van der Waals surface area (Å²) < 4.78 is 19.6. The Kier molecular flexibility index (Phi) is 5.48. The SMILES string of the molecule is Cc1nc2nc(N)nn2c(C)c1CCC(=O)OCC(=O)Nc1cccc(F)c1. The molecule has 0 fully saturated rings. The van der Waals surface area contributed by atoms with Crippen LogP contribution in [0, 0.1) is 19.7 Å². The first kappa shape index (κ1) is 19.2. The summed E-state index contributed by atoms with van der Waals surface area (Å²) in [6.45, 7) is 3.19. The van der Waals surface area contributed by atoms with Crippen LogP contribution in [0.2, 0.25) is 0 Å². The van der Waals surface area contributed by atoms with E-state index in [1.165, 1.54) is 28.8 Å². The molecule has 146 valence electrons. The van der Waals surface area contributed by atoms with E-state index in [-0.39, 0.29) is 12.4 Å². The molecule has 0 saturated carbocycles. The van der Waals surface area contributed by atoms with Crippen molar-refractivity contribution in [1.82, 2.24) is 19.6 Å². The van der Waals surface area contributed by atoms with Crippen LogP contribution in [0.1, 0.15) is 23.4 Å². The van der Waals surface area contributed by atoms with Crippen molar-refractivity contribution in [3.63, 3.8) is 0 Å². The molecule has 3 N–H and O–H groups in total. The van der Waals surface area contributed by atoms with Crippen molar-refractivity contribution in [2.75, 3.05) is 17.7 Å². The first-order chi connectivity index (χ1) is 13.3. The number of fused-ring (bicyclic) bond motifs is 1. The molecule has 0 atom stereocenters. The van der Waals surface area contributed by atoms with Crippen LogP contribution in [-0.4, -0.2) is 38.1 Å². The number of anilines is 2. The number of halogens is 1. The minimum atomic E-state index is -0.549. The number of aryl methyl sites for hydroxylation is 2. The maximum atomic E-state index is 13.1. The van der Waals surface area contributed by atoms with Gasteiger partial charge in [-0.3, -0.25) is 9.59 Å². The summed E-state index contributed by atoms with van der Waals surface area (Å²) in [6, 6.07) is 5.44. The van der Waals surface area contributed by atoms with E-state index in [2.05, 4.69) is 20.4 Å². The number of ether oxygens (including phenoxy) is 1. The summed E-state index contributed by atoms with van der Waals surface area (Å²) in [5.41, 5.74) is 8.22. The van der Waals surface area contributed by atoms with Crippen molar-refractivity contribution < 1.29 is 18.7 Å². The van der Waals surface area contributed by atoms with Gasteiger partial charge < -0.3 is 15.8 Å². The highest BCUT2D eigenvalue weighted by molar-refractivity contribution is 5.92. The van der Waals surface area contributed by atoms with Crippen LogP contribution in [0.25, 0.3) is 5.78 Å². The predicted molar refractivity (Wildman–Crippen MR) is 99.0 cm³/mol. The monoisotopic (exact) mass is 386 g/mol. The molecule has 10 heteroatoms. The zero-order valence-electron chi connectivity index (χ0n) is 15.4. The maximum absolute atomic E-state index is 13.1. The number of hydrogen-bond donors (Lipinski definition) is 2. The van der Waals surface area contributed by atoms with Gasteiger partial charge in [0, 0.05) is 23.5 Å². The second-order valence-corrected chi connectivity index (χ2v) is 6.16. The number of nitrogen functional groups attached to an aromatic ring is 1. The number of nitrogens with two attached hydrogens (primary N) is 1. The van der Waals surface area contributed by atoms with Crippen molar-refractivity contribution in [3.05, 3.63) is 47.0 Å². The fourth-order valence-corrected chi connectivity index (χ4v) is 2.79. The van der Waals surface area contributed by atoms with E-state index in [4.69, 9.17) is 10.5 Å². The second kappa shape index (κ2) is 7.99. The predicted octanol–water partition coefficient (Wildman–Crippen LogP) is 1.58. The summed E-state index contributed by atoms with van der Waals surface area (Å²) >= 11 is 0. The highest BCUT2D eigenvalue weighted by atomic mass is 19.1. The van der Waals surface area contributed by atoms with Gasteiger partial charge in [-0.05, 0) is 44.0 Å². The Bertz CT molecular complexity index is 1050. The van der Waals surface area contributed by atoms with Crippen LogP contribution in [0.3, 0.4) is 0 Å². The van der Waals surface area contributed by atoms with E-state index < -0.39 is 24.3 Å². The average Bonchev–Trinajstić information content (AvgIpc) is 3.00. The lowest BCUT2D eigenvalue weighted by atomic mass is 10.1. The zero-order chi connectivity index (χ0) is 20.3. The van der Waals surface area contributed by atoms with E-state index >= 15 is 0 Å². The summed E-state index contributed by atoms with van der Waals surface area (Å²) in [7, 11) is 0. The van der Waals surface area contributed by atoms with Gasteiger partial charge in [0.05, 0.1) is 0 Å². The van der Waals surface area contributed by atoms with Gasteiger partial charge in [0.2, 0.25) is 5.95 Å². The van der Waals surface area contributed by atoms with Gasteiger partial charge in [-0.1, -0.05) is 6.07 Å². The minimum Gasteiger partial charge on any atom is -0.456 e. The van der Waals surface area contributed by atoms with E-state index in [9.17, 15) is 14.0 Å². The molecular weight excluding hydrogens is 367 g/mol. The van der Waals surface area contributed by atoms with Crippen molar-refractivity contribution in [1.29, 1.82) is 0 Å². The van der Waals surface area contributed by atoms with Crippen molar-refractivity contribution in [2.45, 2.75) is 26.7 Å². The van der Waals surface area contributed by atoms with Gasteiger partial charge in [0.1, 0.15) is 5.82 Å². The number of carbonyl (C=O) groups is 2. The third-order valence-electron chi connectivity index (χ3n) is 4.12. The summed E-state index contributed by atoms with van der Waals surface area (Å²) in [6.07, 6.45) is 0.428. The van der Waals surface area contributed by atoms with Crippen LogP contribution in [0.5, 0.6) is 0 Å². The largest absolute Gasteiger partial charge is 0.456 e. The molecule has 0 radical (unpaired) electrons. The van der Waals surface area contributed by atoms with Gasteiger partial charge in [0.15, 0.2) is 6.61 Å². The molecule has 2 heterocycles. The lowest BCUT2D eigenvalue weighted by Crippen LogP contribution is -2.21. The summed E-state index contributed by atoms with van der Waals surface area (Å²) in [5.74, 6) is -1.04. The van der Waals surface area contributed by atoms with E-state index in [0.717, 1.165) is 11.3 Å². The number of esters is 1. The van der Waals surface area contributed by atoms with Gasteiger partial charge in [-0.15, -0.1) is 5.10 Å².